The summed E-state index contributed by atoms with van der Waals surface area (Å²) in [6.07, 6.45) is 0.540. The average molecular weight is 402 g/mol. The van der Waals surface area contributed by atoms with E-state index >= 15 is 0 Å². The van der Waals surface area contributed by atoms with Gasteiger partial charge >= 0.3 is 6.03 Å². The van der Waals surface area contributed by atoms with Gasteiger partial charge in [-0.3, -0.25) is 19.9 Å². The van der Waals surface area contributed by atoms with Crippen LogP contribution in [0.4, 0.5) is 10.5 Å². The Morgan fingerprint density at radius 3 is 2.76 bits per heavy atom. The number of carbonyl (C=O) groups excluding carboxylic acids is 2. The van der Waals surface area contributed by atoms with Crippen LogP contribution in [0.5, 0.6) is 0 Å². The molecule has 3 unspecified atom stereocenters. The summed E-state index contributed by atoms with van der Waals surface area (Å²) in [6, 6.07) is 5.70. The number of rotatable bonds is 5. The first-order valence-corrected chi connectivity index (χ1v) is 10.5. The van der Waals surface area contributed by atoms with E-state index in [0.717, 1.165) is 19.5 Å². The fourth-order valence-corrected chi connectivity index (χ4v) is 4.72. The second-order valence-corrected chi connectivity index (χ2v) is 8.01. The largest absolute Gasteiger partial charge is 0.380 e. The highest BCUT2D eigenvalue weighted by Crippen LogP contribution is 2.34. The van der Waals surface area contributed by atoms with Crippen molar-refractivity contribution in [2.75, 3.05) is 44.8 Å². The Morgan fingerprint density at radius 1 is 1.21 bits per heavy atom. The highest BCUT2D eigenvalue weighted by molar-refractivity contribution is 6.00. The molecule has 0 radical (unpaired) electrons. The second kappa shape index (κ2) is 7.93. The third-order valence-corrected chi connectivity index (χ3v) is 6.42. The summed E-state index contributed by atoms with van der Waals surface area (Å²) in [4.78, 5) is 33.7. The summed E-state index contributed by atoms with van der Waals surface area (Å²) in [5.74, 6) is -0.129. The average Bonchev–Trinajstić information content (AvgIpc) is 3.11. The van der Waals surface area contributed by atoms with E-state index in [2.05, 4.69) is 47.2 Å². The molecule has 8 nitrogen and oxygen atoms in total. The first-order valence-electron chi connectivity index (χ1n) is 10.5. The van der Waals surface area contributed by atoms with Crippen LogP contribution in [-0.4, -0.2) is 85.0 Å². The zero-order valence-corrected chi connectivity index (χ0v) is 17.7. The van der Waals surface area contributed by atoms with Gasteiger partial charge in [-0.25, -0.2) is 4.79 Å². The fourth-order valence-electron chi connectivity index (χ4n) is 4.72. The number of carbonyl (C=O) groups is 2. The Kier molecular flexibility index (Phi) is 5.50. The van der Waals surface area contributed by atoms with Crippen LogP contribution in [0.1, 0.15) is 24.5 Å². The molecule has 0 aliphatic carbocycles. The van der Waals surface area contributed by atoms with Crippen LogP contribution in [0.25, 0.3) is 0 Å². The third-order valence-electron chi connectivity index (χ3n) is 6.42. The topological polar surface area (TPSA) is 68.4 Å². The number of hydrogen-bond acceptors (Lipinski definition) is 6. The van der Waals surface area contributed by atoms with Gasteiger partial charge in [-0.15, -0.1) is 0 Å². The van der Waals surface area contributed by atoms with Crippen LogP contribution in [0, 0.1) is 13.8 Å². The molecule has 8 heteroatoms. The van der Waals surface area contributed by atoms with Crippen molar-refractivity contribution < 1.29 is 14.3 Å². The van der Waals surface area contributed by atoms with Crippen LogP contribution < -0.4 is 10.2 Å². The molecule has 3 saturated heterocycles. The lowest BCUT2D eigenvalue weighted by molar-refractivity contribution is -0.139. The molecule has 1 N–H and O–H groups in total. The quantitative estimate of drug-likeness (QED) is 0.751. The van der Waals surface area contributed by atoms with Gasteiger partial charge in [0.15, 0.2) is 0 Å². The molecule has 158 valence electrons. The molecule has 1 aromatic rings. The minimum Gasteiger partial charge on any atom is -0.380 e. The predicted molar refractivity (Wildman–Crippen MR) is 110 cm³/mol. The number of nitrogens with zero attached hydrogens (tertiary/aromatic N) is 4. The molecule has 3 atom stereocenters. The highest BCUT2D eigenvalue weighted by Gasteiger charge is 2.56. The Balaban J connectivity index is 1.62. The van der Waals surface area contributed by atoms with Gasteiger partial charge in [0, 0.05) is 32.4 Å². The number of hydrogen-bond donors (Lipinski definition) is 1. The summed E-state index contributed by atoms with van der Waals surface area (Å²) in [5, 5.41) is 3.57. The van der Waals surface area contributed by atoms with Gasteiger partial charge in [-0.1, -0.05) is 12.1 Å². The maximum atomic E-state index is 13.3. The number of amides is 3. The van der Waals surface area contributed by atoms with Crippen molar-refractivity contribution in [1.82, 2.24) is 20.0 Å². The number of nitrogens with one attached hydrogen (secondary N) is 1. The van der Waals surface area contributed by atoms with Gasteiger partial charge in [-0.05, 0) is 44.4 Å². The van der Waals surface area contributed by atoms with Crippen molar-refractivity contribution in [3.05, 3.63) is 29.3 Å². The van der Waals surface area contributed by atoms with Crippen molar-refractivity contribution in [2.45, 2.75) is 45.7 Å². The van der Waals surface area contributed by atoms with Gasteiger partial charge in [0.25, 0.3) is 5.91 Å². The number of benzene rings is 1. The van der Waals surface area contributed by atoms with Gasteiger partial charge in [-0.2, -0.15) is 0 Å². The molecule has 0 aromatic heterocycles. The standard InChI is InChI=1S/C21H31N5O3/c1-5-29-13-12-26-19(27)17-18(23(4)21(26)28)22-20-24(10-7-11-25(17)20)16-9-6-8-14(2)15(16)3/h6,8-9,17-18,20,22H,5,7,10-13H2,1-4H3. The number of aryl methyl sites for hydroxylation is 1. The third kappa shape index (κ3) is 3.29. The number of urea groups is 1. The van der Waals surface area contributed by atoms with Crippen molar-refractivity contribution in [1.29, 1.82) is 0 Å². The Hall–Kier alpha value is -2.16. The van der Waals surface area contributed by atoms with Crippen LogP contribution in [0.15, 0.2) is 18.2 Å². The Morgan fingerprint density at radius 2 is 2.00 bits per heavy atom. The van der Waals surface area contributed by atoms with Crippen molar-refractivity contribution in [3.63, 3.8) is 0 Å². The van der Waals surface area contributed by atoms with E-state index in [9.17, 15) is 9.59 Å². The number of ether oxygens (including phenoxy) is 1. The number of likely N-dealkylation sites (N-methyl/N-ethyl adjacent to an activating group) is 1. The van der Waals surface area contributed by atoms with Crippen LogP contribution in [0.3, 0.4) is 0 Å². The highest BCUT2D eigenvalue weighted by atomic mass is 16.5. The Labute approximate surface area is 172 Å². The van der Waals surface area contributed by atoms with E-state index in [1.54, 1.807) is 11.9 Å². The summed E-state index contributed by atoms with van der Waals surface area (Å²) >= 11 is 0. The monoisotopic (exact) mass is 401 g/mol. The lowest BCUT2D eigenvalue weighted by atomic mass is 10.1. The lowest BCUT2D eigenvalue weighted by Gasteiger charge is -2.44. The molecule has 3 amide bonds. The number of anilines is 1. The molecular formula is C21H31N5O3. The molecule has 0 spiro atoms. The molecule has 0 bridgehead atoms. The molecule has 3 aliphatic heterocycles. The van der Waals surface area contributed by atoms with E-state index in [1.807, 2.05) is 6.92 Å². The van der Waals surface area contributed by atoms with E-state index in [4.69, 9.17) is 4.74 Å². The van der Waals surface area contributed by atoms with Crippen LogP contribution in [0.2, 0.25) is 0 Å². The van der Waals surface area contributed by atoms with Gasteiger partial charge in [0.2, 0.25) is 0 Å². The first-order chi connectivity index (χ1) is 14.0. The van der Waals surface area contributed by atoms with Gasteiger partial charge in [0.05, 0.1) is 13.2 Å². The zero-order chi connectivity index (χ0) is 20.7. The van der Waals surface area contributed by atoms with Crippen molar-refractivity contribution in [2.24, 2.45) is 0 Å². The molecule has 3 aliphatic rings. The molecule has 0 saturated carbocycles. The molecule has 3 heterocycles. The number of fused-ring (bicyclic) bond motifs is 3. The minimum absolute atomic E-state index is 0.106. The normalized spacial score (nSPS) is 27.4. The summed E-state index contributed by atoms with van der Waals surface area (Å²) in [5.41, 5.74) is 3.68. The predicted octanol–water partition coefficient (Wildman–Crippen LogP) is 1.33. The van der Waals surface area contributed by atoms with Crippen LogP contribution >= 0.6 is 0 Å². The zero-order valence-electron chi connectivity index (χ0n) is 17.7. The summed E-state index contributed by atoms with van der Waals surface area (Å²) < 4.78 is 5.38. The Bertz CT molecular complexity index is 801. The van der Waals surface area contributed by atoms with Gasteiger partial charge in [0.1, 0.15) is 18.5 Å². The number of imide groups is 1. The van der Waals surface area contributed by atoms with E-state index in [-0.39, 0.29) is 37.0 Å². The summed E-state index contributed by atoms with van der Waals surface area (Å²) in [7, 11) is 1.77. The SMILES string of the molecule is CCOCCN1C(=O)C2C(NC3N(c4cccc(C)c4C)CCCN23)N(C)C1=O. The van der Waals surface area contributed by atoms with Crippen molar-refractivity contribution in [3.8, 4) is 0 Å². The molecule has 1 aromatic carbocycles. The second-order valence-electron chi connectivity index (χ2n) is 8.01. The summed E-state index contributed by atoms with van der Waals surface area (Å²) in [6.45, 7) is 9.13. The molecule has 4 rings (SSSR count). The first kappa shape index (κ1) is 20.1. The molecule has 3 fully saturated rings. The van der Waals surface area contributed by atoms with Crippen molar-refractivity contribution >= 4 is 17.6 Å². The minimum atomic E-state index is -0.378. The smallest absolute Gasteiger partial charge is 0.327 e. The van der Waals surface area contributed by atoms with E-state index in [0.29, 0.717) is 13.2 Å². The molecule has 29 heavy (non-hydrogen) atoms. The fraction of sp³-hybridized carbons (Fsp3) is 0.619. The maximum absolute atomic E-state index is 13.3. The van der Waals surface area contributed by atoms with Crippen LogP contribution in [-0.2, 0) is 9.53 Å². The molecular weight excluding hydrogens is 370 g/mol. The van der Waals surface area contributed by atoms with Gasteiger partial charge < -0.3 is 14.5 Å². The van der Waals surface area contributed by atoms with E-state index < -0.39 is 0 Å². The van der Waals surface area contributed by atoms with E-state index in [1.165, 1.54) is 21.7 Å². The lowest BCUT2D eigenvalue weighted by Crippen LogP contribution is -2.66. The maximum Gasteiger partial charge on any atom is 0.327 e.